The molecule has 33 heavy (non-hydrogen) atoms. The molecular formula is C22H20FN7O2S. The number of piperazine rings is 1. The van der Waals surface area contributed by atoms with E-state index in [-0.39, 0.29) is 11.6 Å². The van der Waals surface area contributed by atoms with Crippen LogP contribution in [-0.2, 0) is 6.54 Å². The second-order valence-electron chi connectivity index (χ2n) is 7.65. The van der Waals surface area contributed by atoms with Crippen LogP contribution in [-0.4, -0.2) is 67.1 Å². The first-order valence-corrected chi connectivity index (χ1v) is 11.2. The maximum atomic E-state index is 14.4. The van der Waals surface area contributed by atoms with E-state index in [0.717, 1.165) is 22.0 Å². The number of fused-ring (bicyclic) bond motifs is 1. The number of carboxylic acid groups (broad SMARTS) is 1. The number of nitrogens with zero attached hydrogens (tertiary/aromatic N) is 6. The summed E-state index contributed by atoms with van der Waals surface area (Å²) in [6, 6.07) is 9.27. The number of thiazole rings is 1. The van der Waals surface area contributed by atoms with Crippen molar-refractivity contribution in [2.45, 2.75) is 6.54 Å². The second kappa shape index (κ2) is 9.04. The lowest BCUT2D eigenvalue weighted by Crippen LogP contribution is -2.47. The molecule has 0 bridgehead atoms. The van der Waals surface area contributed by atoms with Crippen molar-refractivity contribution in [2.75, 3.05) is 31.5 Å². The van der Waals surface area contributed by atoms with Crippen molar-refractivity contribution in [2.24, 2.45) is 0 Å². The molecule has 2 N–H and O–H groups in total. The van der Waals surface area contributed by atoms with E-state index < -0.39 is 11.9 Å². The van der Waals surface area contributed by atoms with Gasteiger partial charge < -0.3 is 15.3 Å². The number of benzene rings is 1. The lowest BCUT2D eigenvalue weighted by Gasteiger charge is -2.32. The van der Waals surface area contributed by atoms with Crippen LogP contribution in [0.25, 0.3) is 21.5 Å². The Labute approximate surface area is 192 Å². The zero-order chi connectivity index (χ0) is 22.8. The van der Waals surface area contributed by atoms with Crippen LogP contribution in [0.3, 0.4) is 0 Å². The van der Waals surface area contributed by atoms with E-state index in [1.807, 2.05) is 24.3 Å². The van der Waals surface area contributed by atoms with E-state index in [1.165, 1.54) is 16.2 Å². The predicted octanol–water partition coefficient (Wildman–Crippen LogP) is 3.83. The second-order valence-corrected chi connectivity index (χ2v) is 8.53. The topological polar surface area (TPSA) is 107 Å². The first-order chi connectivity index (χ1) is 16.0. The first kappa shape index (κ1) is 21.2. The van der Waals surface area contributed by atoms with Gasteiger partial charge >= 0.3 is 6.09 Å². The number of aromatic nitrogens is 4. The van der Waals surface area contributed by atoms with Gasteiger partial charge in [-0.3, -0.25) is 4.90 Å². The number of halogens is 1. The molecule has 9 nitrogen and oxygen atoms in total. The normalized spacial score (nSPS) is 14.5. The van der Waals surface area contributed by atoms with Gasteiger partial charge in [0.15, 0.2) is 5.82 Å². The number of carbonyl (C=O) groups is 1. The molecule has 1 aromatic carbocycles. The summed E-state index contributed by atoms with van der Waals surface area (Å²) in [4.78, 5) is 31.7. The molecule has 0 spiro atoms. The Morgan fingerprint density at radius 2 is 1.94 bits per heavy atom. The summed E-state index contributed by atoms with van der Waals surface area (Å²) >= 11 is 1.49. The average molecular weight is 466 g/mol. The van der Waals surface area contributed by atoms with Gasteiger partial charge in [-0.25, -0.2) is 29.1 Å². The summed E-state index contributed by atoms with van der Waals surface area (Å²) < 4.78 is 15.4. The molecule has 1 amide bonds. The first-order valence-electron chi connectivity index (χ1n) is 10.3. The monoisotopic (exact) mass is 465 g/mol. The van der Waals surface area contributed by atoms with Crippen molar-refractivity contribution in [3.05, 3.63) is 59.6 Å². The van der Waals surface area contributed by atoms with Crippen LogP contribution in [0, 0.1) is 5.82 Å². The van der Waals surface area contributed by atoms with Gasteiger partial charge in [0.1, 0.15) is 11.5 Å². The van der Waals surface area contributed by atoms with Crippen molar-refractivity contribution in [3.63, 3.8) is 0 Å². The molecule has 11 heteroatoms. The van der Waals surface area contributed by atoms with E-state index in [9.17, 15) is 9.18 Å². The van der Waals surface area contributed by atoms with Gasteiger partial charge in [0.2, 0.25) is 5.95 Å². The predicted molar refractivity (Wildman–Crippen MR) is 123 cm³/mol. The Bertz CT molecular complexity index is 1290. The van der Waals surface area contributed by atoms with Crippen LogP contribution in [0.4, 0.5) is 21.0 Å². The fraction of sp³-hybridized carbons (Fsp3) is 0.227. The van der Waals surface area contributed by atoms with E-state index >= 15 is 0 Å². The lowest BCUT2D eigenvalue weighted by molar-refractivity contribution is 0.103. The number of rotatable bonds is 5. The number of hydrogen-bond acceptors (Lipinski definition) is 8. The minimum Gasteiger partial charge on any atom is -0.465 e. The molecule has 0 unspecified atom stereocenters. The van der Waals surface area contributed by atoms with Crippen molar-refractivity contribution in [1.29, 1.82) is 0 Å². The molecule has 168 valence electrons. The standard InChI is InChI=1S/C22H20FN7O2S/c23-16-11-25-21(28-20(16)15-2-3-17-18(9-15)33-13-26-17)27-19-4-1-14(10-24-19)12-29-5-7-30(8-6-29)22(31)32/h1-4,9-11,13H,5-8,12H2,(H,31,32)(H,24,25,27,28). The Morgan fingerprint density at radius 3 is 2.70 bits per heavy atom. The highest BCUT2D eigenvalue weighted by atomic mass is 32.1. The fourth-order valence-electron chi connectivity index (χ4n) is 3.69. The fourth-order valence-corrected chi connectivity index (χ4v) is 4.41. The number of pyridine rings is 1. The lowest BCUT2D eigenvalue weighted by atomic mass is 10.1. The highest BCUT2D eigenvalue weighted by Gasteiger charge is 2.20. The van der Waals surface area contributed by atoms with Crippen LogP contribution in [0.5, 0.6) is 0 Å². The molecule has 3 aromatic heterocycles. The summed E-state index contributed by atoms with van der Waals surface area (Å²) in [6.45, 7) is 3.07. The minimum absolute atomic E-state index is 0.208. The van der Waals surface area contributed by atoms with Gasteiger partial charge in [-0.05, 0) is 23.8 Å². The Morgan fingerprint density at radius 1 is 1.09 bits per heavy atom. The Kier molecular flexibility index (Phi) is 5.80. The van der Waals surface area contributed by atoms with Crippen LogP contribution in [0.15, 0.2) is 48.2 Å². The third kappa shape index (κ3) is 4.73. The molecule has 0 radical (unpaired) electrons. The molecule has 4 heterocycles. The summed E-state index contributed by atoms with van der Waals surface area (Å²) in [5, 5.41) is 12.1. The molecular weight excluding hydrogens is 445 g/mol. The van der Waals surface area contributed by atoms with Crippen molar-refractivity contribution in [3.8, 4) is 11.3 Å². The molecule has 1 aliphatic rings. The molecule has 1 saturated heterocycles. The van der Waals surface area contributed by atoms with Crippen molar-refractivity contribution >= 4 is 39.4 Å². The van der Waals surface area contributed by atoms with E-state index in [1.54, 1.807) is 17.8 Å². The Balaban J connectivity index is 1.26. The third-order valence-corrected chi connectivity index (χ3v) is 6.25. The molecule has 4 aromatic rings. The van der Waals surface area contributed by atoms with E-state index in [0.29, 0.717) is 44.1 Å². The number of anilines is 2. The largest absolute Gasteiger partial charge is 0.465 e. The summed E-state index contributed by atoms with van der Waals surface area (Å²) in [6.07, 6.45) is 2.03. The minimum atomic E-state index is -0.873. The van der Waals surface area contributed by atoms with E-state index in [2.05, 4.69) is 30.2 Å². The van der Waals surface area contributed by atoms with Crippen LogP contribution in [0.2, 0.25) is 0 Å². The third-order valence-electron chi connectivity index (χ3n) is 5.46. The van der Waals surface area contributed by atoms with Gasteiger partial charge in [-0.1, -0.05) is 12.1 Å². The molecule has 0 aliphatic carbocycles. The van der Waals surface area contributed by atoms with Gasteiger partial charge in [0.05, 0.1) is 21.9 Å². The smallest absolute Gasteiger partial charge is 0.407 e. The Hall–Kier alpha value is -3.70. The molecule has 1 fully saturated rings. The highest BCUT2D eigenvalue weighted by Crippen LogP contribution is 2.27. The molecule has 0 atom stereocenters. The number of nitrogens with one attached hydrogen (secondary N) is 1. The van der Waals surface area contributed by atoms with Crippen molar-refractivity contribution in [1.82, 2.24) is 29.7 Å². The zero-order valence-electron chi connectivity index (χ0n) is 17.5. The quantitative estimate of drug-likeness (QED) is 0.458. The summed E-state index contributed by atoms with van der Waals surface area (Å²) in [5.41, 5.74) is 4.50. The van der Waals surface area contributed by atoms with Crippen LogP contribution >= 0.6 is 11.3 Å². The van der Waals surface area contributed by atoms with Crippen molar-refractivity contribution < 1.29 is 14.3 Å². The molecule has 1 aliphatic heterocycles. The maximum absolute atomic E-state index is 14.4. The van der Waals surface area contributed by atoms with Gasteiger partial charge in [0.25, 0.3) is 0 Å². The number of hydrogen-bond donors (Lipinski definition) is 2. The van der Waals surface area contributed by atoms with Gasteiger partial charge in [0, 0.05) is 44.5 Å². The van der Waals surface area contributed by atoms with Crippen LogP contribution in [0.1, 0.15) is 5.56 Å². The summed E-state index contributed by atoms with van der Waals surface area (Å²) in [5.74, 6) is 0.293. The summed E-state index contributed by atoms with van der Waals surface area (Å²) in [7, 11) is 0. The molecule has 5 rings (SSSR count). The van der Waals surface area contributed by atoms with E-state index in [4.69, 9.17) is 5.11 Å². The molecule has 0 saturated carbocycles. The van der Waals surface area contributed by atoms with Gasteiger partial charge in [-0.15, -0.1) is 11.3 Å². The van der Waals surface area contributed by atoms with Gasteiger partial charge in [-0.2, -0.15) is 0 Å². The zero-order valence-corrected chi connectivity index (χ0v) is 18.3. The maximum Gasteiger partial charge on any atom is 0.407 e. The highest BCUT2D eigenvalue weighted by molar-refractivity contribution is 7.16. The average Bonchev–Trinajstić information content (AvgIpc) is 3.30. The van der Waals surface area contributed by atoms with Crippen LogP contribution < -0.4 is 5.32 Å². The SMILES string of the molecule is O=C(O)N1CCN(Cc2ccc(Nc3ncc(F)c(-c4ccc5ncsc5c4)n3)nc2)CC1. The number of amides is 1.